The van der Waals surface area contributed by atoms with Crippen LogP contribution in [0.1, 0.15) is 54.1 Å². The third-order valence-electron chi connectivity index (χ3n) is 5.91. The summed E-state index contributed by atoms with van der Waals surface area (Å²) in [5, 5.41) is 14.4. The van der Waals surface area contributed by atoms with Crippen LogP contribution in [0.5, 0.6) is 0 Å². The molecule has 6 nitrogen and oxygen atoms in total. The number of likely N-dealkylation sites (tertiary alicyclic amines) is 1. The van der Waals surface area contributed by atoms with Crippen LogP contribution in [0, 0.1) is 0 Å². The molecule has 5 rings (SSSR count). The minimum absolute atomic E-state index is 0.787. The normalized spacial score (nSPS) is 17.0. The van der Waals surface area contributed by atoms with Crippen molar-refractivity contribution in [2.24, 2.45) is 0 Å². The van der Waals surface area contributed by atoms with Gasteiger partial charge in [0.05, 0.1) is 18.8 Å². The molecule has 1 aliphatic carbocycles. The molecule has 2 aliphatic rings. The molecule has 29 heavy (non-hydrogen) atoms. The summed E-state index contributed by atoms with van der Waals surface area (Å²) < 4.78 is 7.87. The van der Waals surface area contributed by atoms with Gasteiger partial charge in [0.2, 0.25) is 0 Å². The topological polar surface area (TPSA) is 60.0 Å². The zero-order chi connectivity index (χ0) is 19.5. The Labute approximate surface area is 175 Å². The molecule has 0 spiro atoms. The van der Waals surface area contributed by atoms with Gasteiger partial charge < -0.3 is 9.09 Å². The van der Waals surface area contributed by atoms with Gasteiger partial charge in [0.25, 0.3) is 0 Å². The van der Waals surface area contributed by atoms with Crippen LogP contribution in [0.15, 0.2) is 40.0 Å². The summed E-state index contributed by atoms with van der Waals surface area (Å²) in [5.74, 6) is 2.93. The largest absolute Gasteiger partial charge is 0.361 e. The molecule has 1 saturated heterocycles. The molecule has 0 saturated carbocycles. The minimum Gasteiger partial charge on any atom is -0.361 e. The average Bonchev–Trinajstić information content (AvgIpc) is 3.49. The maximum Gasteiger partial charge on any atom is 0.191 e. The van der Waals surface area contributed by atoms with Crippen LogP contribution < -0.4 is 0 Å². The van der Waals surface area contributed by atoms with E-state index < -0.39 is 0 Å². The van der Waals surface area contributed by atoms with Crippen molar-refractivity contribution in [3.8, 4) is 0 Å². The highest BCUT2D eigenvalue weighted by atomic mass is 32.2. The van der Waals surface area contributed by atoms with Crippen LogP contribution in [0.25, 0.3) is 0 Å². The van der Waals surface area contributed by atoms with Gasteiger partial charge in [-0.2, -0.15) is 0 Å². The van der Waals surface area contributed by atoms with Gasteiger partial charge >= 0.3 is 0 Å². The summed E-state index contributed by atoms with van der Waals surface area (Å²) in [4.78, 5) is 2.48. The fourth-order valence-corrected chi connectivity index (χ4v) is 5.22. The highest BCUT2D eigenvalue weighted by molar-refractivity contribution is 7.98. The van der Waals surface area contributed by atoms with E-state index in [1.807, 2.05) is 0 Å². The SMILES string of the molecule is c1ccc(Cn2c(CN3CCCC3)nnc2SCc2noc3c2CCCC3)cc1. The first kappa shape index (κ1) is 18.9. The number of fused-ring (bicyclic) bond motifs is 1. The molecule has 0 radical (unpaired) electrons. The monoisotopic (exact) mass is 409 g/mol. The van der Waals surface area contributed by atoms with Gasteiger partial charge in [0.15, 0.2) is 5.16 Å². The molecule has 0 bridgehead atoms. The molecule has 7 heteroatoms. The van der Waals surface area contributed by atoms with Crippen molar-refractivity contribution in [3.63, 3.8) is 0 Å². The zero-order valence-electron chi connectivity index (χ0n) is 16.7. The van der Waals surface area contributed by atoms with Crippen LogP contribution in [0.2, 0.25) is 0 Å². The third-order valence-corrected chi connectivity index (χ3v) is 6.89. The smallest absolute Gasteiger partial charge is 0.191 e. The molecule has 3 aromatic rings. The van der Waals surface area contributed by atoms with Gasteiger partial charge in [0.1, 0.15) is 11.6 Å². The van der Waals surface area contributed by atoms with Crippen molar-refractivity contribution in [1.82, 2.24) is 24.8 Å². The van der Waals surface area contributed by atoms with Crippen LogP contribution >= 0.6 is 11.8 Å². The van der Waals surface area contributed by atoms with E-state index in [2.05, 4.69) is 55.2 Å². The quantitative estimate of drug-likeness (QED) is 0.548. The zero-order valence-corrected chi connectivity index (χ0v) is 17.5. The molecule has 152 valence electrons. The third kappa shape index (κ3) is 4.26. The van der Waals surface area contributed by atoms with Crippen LogP contribution in [0.3, 0.4) is 0 Å². The maximum absolute atomic E-state index is 5.58. The number of aryl methyl sites for hydroxylation is 1. The number of hydrogen-bond acceptors (Lipinski definition) is 6. The van der Waals surface area contributed by atoms with Gasteiger partial charge in [-0.15, -0.1) is 10.2 Å². The van der Waals surface area contributed by atoms with Gasteiger partial charge in [-0.25, -0.2) is 0 Å². The van der Waals surface area contributed by atoms with Gasteiger partial charge in [-0.3, -0.25) is 4.90 Å². The lowest BCUT2D eigenvalue weighted by Crippen LogP contribution is -2.21. The highest BCUT2D eigenvalue weighted by Crippen LogP contribution is 2.29. The first-order valence-corrected chi connectivity index (χ1v) is 11.6. The molecule has 1 fully saturated rings. The number of aromatic nitrogens is 4. The van der Waals surface area contributed by atoms with Crippen molar-refractivity contribution in [1.29, 1.82) is 0 Å². The second-order valence-corrected chi connectivity index (χ2v) is 8.92. The Morgan fingerprint density at radius 2 is 1.76 bits per heavy atom. The second kappa shape index (κ2) is 8.71. The molecular formula is C22H27N5OS. The highest BCUT2D eigenvalue weighted by Gasteiger charge is 2.22. The first-order chi connectivity index (χ1) is 14.4. The van der Waals surface area contributed by atoms with Crippen molar-refractivity contribution >= 4 is 11.8 Å². The summed E-state index contributed by atoms with van der Waals surface area (Å²) in [7, 11) is 0. The fraction of sp³-hybridized carbons (Fsp3) is 0.500. The Morgan fingerprint density at radius 1 is 0.931 bits per heavy atom. The Kier molecular flexibility index (Phi) is 5.67. The Balaban J connectivity index is 1.36. The van der Waals surface area contributed by atoms with E-state index in [4.69, 9.17) is 4.52 Å². The Morgan fingerprint density at radius 3 is 2.62 bits per heavy atom. The number of nitrogens with zero attached hydrogens (tertiary/aromatic N) is 5. The molecule has 1 aliphatic heterocycles. The molecule has 2 aromatic heterocycles. The van der Waals surface area contributed by atoms with Crippen LogP contribution in [0.4, 0.5) is 0 Å². The standard InChI is InChI=1S/C22H27N5OS/c1-2-8-17(9-3-1)14-27-21(15-26-12-6-7-13-26)23-24-22(27)29-16-19-18-10-4-5-11-20(18)28-25-19/h1-3,8-9H,4-7,10-16H2. The predicted molar refractivity (Wildman–Crippen MR) is 113 cm³/mol. The average molecular weight is 410 g/mol. The number of rotatable bonds is 7. The van der Waals surface area contributed by atoms with Gasteiger partial charge in [-0.05, 0) is 50.8 Å². The van der Waals surface area contributed by atoms with Crippen molar-refractivity contribution in [2.45, 2.75) is 62.5 Å². The fourth-order valence-electron chi connectivity index (χ4n) is 4.30. The van der Waals surface area contributed by atoms with E-state index in [0.717, 1.165) is 67.2 Å². The van der Waals surface area contributed by atoms with E-state index in [1.165, 1.54) is 36.8 Å². The van der Waals surface area contributed by atoms with Crippen molar-refractivity contribution < 1.29 is 4.52 Å². The molecular weight excluding hydrogens is 382 g/mol. The molecule has 0 atom stereocenters. The Hall–Kier alpha value is -2.12. The van der Waals surface area contributed by atoms with Crippen LogP contribution in [-0.4, -0.2) is 37.9 Å². The lowest BCUT2D eigenvalue weighted by molar-refractivity contribution is 0.316. The number of benzene rings is 1. The summed E-state index contributed by atoms with van der Waals surface area (Å²) >= 11 is 1.72. The van der Waals surface area contributed by atoms with Crippen LogP contribution in [-0.2, 0) is 31.7 Å². The molecule has 0 unspecified atom stereocenters. The van der Waals surface area contributed by atoms with Crippen molar-refractivity contribution in [2.75, 3.05) is 13.1 Å². The lowest BCUT2D eigenvalue weighted by Gasteiger charge is -2.16. The van der Waals surface area contributed by atoms with E-state index in [0.29, 0.717) is 0 Å². The maximum atomic E-state index is 5.58. The van der Waals surface area contributed by atoms with E-state index in [-0.39, 0.29) is 0 Å². The molecule has 1 aromatic carbocycles. The predicted octanol–water partition coefficient (Wildman–Crippen LogP) is 4.08. The van der Waals surface area contributed by atoms with Crippen molar-refractivity contribution in [3.05, 3.63) is 58.7 Å². The Bertz CT molecular complexity index is 946. The van der Waals surface area contributed by atoms with E-state index in [1.54, 1.807) is 11.8 Å². The molecule has 0 amide bonds. The molecule has 3 heterocycles. The van der Waals surface area contributed by atoms with E-state index >= 15 is 0 Å². The van der Waals surface area contributed by atoms with Gasteiger partial charge in [-0.1, -0.05) is 47.3 Å². The second-order valence-electron chi connectivity index (χ2n) is 7.98. The number of thioether (sulfide) groups is 1. The minimum atomic E-state index is 0.787. The summed E-state index contributed by atoms with van der Waals surface area (Å²) in [6.45, 7) is 3.99. The number of hydrogen-bond donors (Lipinski definition) is 0. The first-order valence-electron chi connectivity index (χ1n) is 10.6. The summed E-state index contributed by atoms with van der Waals surface area (Å²) in [6, 6.07) is 10.6. The lowest BCUT2D eigenvalue weighted by atomic mass is 9.97. The summed E-state index contributed by atoms with van der Waals surface area (Å²) in [6.07, 6.45) is 7.12. The van der Waals surface area contributed by atoms with Gasteiger partial charge in [0, 0.05) is 17.7 Å². The molecule has 0 N–H and O–H groups in total. The van der Waals surface area contributed by atoms with E-state index in [9.17, 15) is 0 Å². The summed E-state index contributed by atoms with van der Waals surface area (Å²) in [5.41, 5.74) is 3.69.